The second kappa shape index (κ2) is 6.86. The Labute approximate surface area is 153 Å². The van der Waals surface area contributed by atoms with Gasteiger partial charge in [0.15, 0.2) is 0 Å². The molecule has 0 saturated carbocycles. The molecule has 4 aromatic rings. The maximum Gasteiger partial charge on any atom is 0.120 e. The molecule has 0 fully saturated rings. The van der Waals surface area contributed by atoms with Crippen molar-refractivity contribution in [2.24, 2.45) is 0 Å². The van der Waals surface area contributed by atoms with Gasteiger partial charge in [-0.3, -0.25) is 0 Å². The van der Waals surface area contributed by atoms with Gasteiger partial charge in [-0.15, -0.1) is 0 Å². The molecule has 25 heavy (non-hydrogen) atoms. The van der Waals surface area contributed by atoms with Crippen molar-refractivity contribution in [3.05, 3.63) is 71.5 Å². The van der Waals surface area contributed by atoms with E-state index in [9.17, 15) is 5.11 Å². The minimum atomic E-state index is -0.613. The minimum Gasteiger partial charge on any atom is -0.491 e. The number of hydrogen-bond acceptors (Lipinski definition) is 3. The zero-order valence-corrected chi connectivity index (χ0v) is 15.1. The van der Waals surface area contributed by atoms with Gasteiger partial charge >= 0.3 is 0 Å². The summed E-state index contributed by atoms with van der Waals surface area (Å²) >= 11 is 3.47. The van der Waals surface area contributed by atoms with Crippen LogP contribution in [0.25, 0.3) is 21.8 Å². The lowest BCUT2D eigenvalue weighted by Crippen LogP contribution is -2.23. The molecule has 0 bridgehead atoms. The first kappa shape index (κ1) is 16.1. The largest absolute Gasteiger partial charge is 0.491 e. The van der Waals surface area contributed by atoms with Gasteiger partial charge in [-0.05, 0) is 47.2 Å². The Hall–Kier alpha value is -2.37. The average Bonchev–Trinajstić information content (AvgIpc) is 3.03. The van der Waals surface area contributed by atoms with Gasteiger partial charge in [-0.2, -0.15) is 0 Å². The number of benzene rings is 3. The summed E-state index contributed by atoms with van der Waals surface area (Å²) in [5.41, 5.74) is 1.94. The maximum atomic E-state index is 10.3. The highest BCUT2D eigenvalue weighted by atomic mass is 79.9. The van der Waals surface area contributed by atoms with Gasteiger partial charge in [0.2, 0.25) is 0 Å². The molecule has 0 spiro atoms. The predicted octanol–water partition coefficient (Wildman–Crippen LogP) is 4.39. The first-order valence-corrected chi connectivity index (χ1v) is 8.88. The number of aliphatic hydroxyl groups excluding tert-OH is 1. The Morgan fingerprint density at radius 3 is 2.76 bits per heavy atom. The molecule has 1 N–H and O–H groups in total. The van der Waals surface area contributed by atoms with E-state index >= 15 is 0 Å². The number of imidazole rings is 1. The van der Waals surface area contributed by atoms with Gasteiger partial charge in [0.25, 0.3) is 0 Å². The van der Waals surface area contributed by atoms with Gasteiger partial charge < -0.3 is 14.4 Å². The normalized spacial score (nSPS) is 12.6. The first-order valence-electron chi connectivity index (χ1n) is 8.09. The van der Waals surface area contributed by atoms with E-state index < -0.39 is 6.10 Å². The number of aliphatic hydroxyl groups is 1. The summed E-state index contributed by atoms with van der Waals surface area (Å²) in [5.74, 6) is 0.754. The summed E-state index contributed by atoms with van der Waals surface area (Å²) < 4.78 is 8.77. The van der Waals surface area contributed by atoms with Crippen molar-refractivity contribution in [3.8, 4) is 5.75 Å². The molecule has 1 atom stereocenters. The van der Waals surface area contributed by atoms with Crippen LogP contribution in [0.5, 0.6) is 5.75 Å². The van der Waals surface area contributed by atoms with Crippen molar-refractivity contribution in [3.63, 3.8) is 0 Å². The standard InChI is InChI=1S/C20H17BrN2O2/c21-16-7-5-15-10-18(8-6-14(15)9-16)25-12-17(24)11-23-13-22-19-3-1-2-4-20(19)23/h1-10,13,17,24H,11-12H2/t17-/m0/s1. The quantitative estimate of drug-likeness (QED) is 0.543. The molecule has 0 saturated heterocycles. The van der Waals surface area contributed by atoms with E-state index in [2.05, 4.69) is 27.0 Å². The van der Waals surface area contributed by atoms with E-state index in [1.54, 1.807) is 6.33 Å². The molecule has 0 aliphatic heterocycles. The molecule has 0 aliphatic rings. The molecule has 4 nitrogen and oxygen atoms in total. The number of aromatic nitrogens is 2. The predicted molar refractivity (Wildman–Crippen MR) is 103 cm³/mol. The fourth-order valence-corrected chi connectivity index (χ4v) is 3.29. The number of para-hydroxylation sites is 2. The highest BCUT2D eigenvalue weighted by Gasteiger charge is 2.09. The Morgan fingerprint density at radius 1 is 1.04 bits per heavy atom. The van der Waals surface area contributed by atoms with Gasteiger partial charge in [0.1, 0.15) is 18.5 Å². The van der Waals surface area contributed by atoms with Crippen LogP contribution in [-0.2, 0) is 6.54 Å². The van der Waals surface area contributed by atoms with Crippen molar-refractivity contribution in [1.29, 1.82) is 0 Å². The average molecular weight is 397 g/mol. The third kappa shape index (κ3) is 3.52. The Balaban J connectivity index is 1.43. The van der Waals surface area contributed by atoms with Crippen molar-refractivity contribution in [1.82, 2.24) is 9.55 Å². The fourth-order valence-electron chi connectivity index (χ4n) is 2.91. The number of rotatable bonds is 5. The number of ether oxygens (including phenoxy) is 1. The van der Waals surface area contributed by atoms with Crippen LogP contribution in [0, 0.1) is 0 Å². The van der Waals surface area contributed by atoms with Gasteiger partial charge in [-0.25, -0.2) is 4.98 Å². The molecular formula is C20H17BrN2O2. The summed E-state index contributed by atoms with van der Waals surface area (Å²) in [5, 5.41) is 12.6. The van der Waals surface area contributed by atoms with Crippen molar-refractivity contribution >= 4 is 37.7 Å². The maximum absolute atomic E-state index is 10.3. The molecular weight excluding hydrogens is 380 g/mol. The molecule has 5 heteroatoms. The Bertz CT molecular complexity index is 1030. The van der Waals surface area contributed by atoms with Crippen molar-refractivity contribution in [2.75, 3.05) is 6.61 Å². The summed E-state index contributed by atoms with van der Waals surface area (Å²) in [4.78, 5) is 4.34. The number of nitrogens with zero attached hydrogens (tertiary/aromatic N) is 2. The second-order valence-electron chi connectivity index (χ2n) is 6.00. The van der Waals surface area contributed by atoms with Crippen LogP contribution < -0.4 is 4.74 Å². The zero-order chi connectivity index (χ0) is 17.2. The third-order valence-corrected chi connectivity index (χ3v) is 4.64. The van der Waals surface area contributed by atoms with Crippen LogP contribution in [0.3, 0.4) is 0 Å². The highest BCUT2D eigenvalue weighted by Crippen LogP contribution is 2.24. The van der Waals surface area contributed by atoms with Crippen molar-refractivity contribution < 1.29 is 9.84 Å². The number of halogens is 1. The van der Waals surface area contributed by atoms with E-state index in [4.69, 9.17) is 4.74 Å². The van der Waals surface area contributed by atoms with E-state index in [0.717, 1.165) is 32.0 Å². The zero-order valence-electron chi connectivity index (χ0n) is 13.5. The second-order valence-corrected chi connectivity index (χ2v) is 6.92. The molecule has 126 valence electrons. The van der Waals surface area contributed by atoms with Gasteiger partial charge in [0, 0.05) is 4.47 Å². The summed E-state index contributed by atoms with van der Waals surface area (Å²) in [6.07, 6.45) is 1.14. The molecule has 3 aromatic carbocycles. The van der Waals surface area contributed by atoms with E-state index in [1.165, 1.54) is 0 Å². The van der Waals surface area contributed by atoms with Crippen molar-refractivity contribution in [2.45, 2.75) is 12.6 Å². The Kier molecular flexibility index (Phi) is 4.42. The topological polar surface area (TPSA) is 47.3 Å². The molecule has 4 rings (SSSR count). The summed E-state index contributed by atoms with van der Waals surface area (Å²) in [6, 6.07) is 19.9. The molecule has 1 aromatic heterocycles. The van der Waals surface area contributed by atoms with Crippen LogP contribution in [0.2, 0.25) is 0 Å². The van der Waals surface area contributed by atoms with Crippen LogP contribution in [0.4, 0.5) is 0 Å². The fraction of sp³-hybridized carbons (Fsp3) is 0.150. The lowest BCUT2D eigenvalue weighted by molar-refractivity contribution is 0.0935. The minimum absolute atomic E-state index is 0.231. The van der Waals surface area contributed by atoms with E-state index in [-0.39, 0.29) is 6.61 Å². The van der Waals surface area contributed by atoms with Crippen LogP contribution >= 0.6 is 15.9 Å². The molecule has 0 radical (unpaired) electrons. The summed E-state index contributed by atoms with van der Waals surface area (Å²) in [6.45, 7) is 0.676. The Morgan fingerprint density at radius 2 is 1.84 bits per heavy atom. The molecule has 0 aliphatic carbocycles. The van der Waals surface area contributed by atoms with Crippen LogP contribution in [0.15, 0.2) is 71.5 Å². The van der Waals surface area contributed by atoms with E-state index in [0.29, 0.717) is 6.54 Å². The molecule has 0 unspecified atom stereocenters. The van der Waals surface area contributed by atoms with E-state index in [1.807, 2.05) is 59.2 Å². The molecule has 1 heterocycles. The lowest BCUT2D eigenvalue weighted by Gasteiger charge is -2.14. The monoisotopic (exact) mass is 396 g/mol. The highest BCUT2D eigenvalue weighted by molar-refractivity contribution is 9.10. The third-order valence-electron chi connectivity index (χ3n) is 4.15. The summed E-state index contributed by atoms with van der Waals surface area (Å²) in [7, 11) is 0. The number of fused-ring (bicyclic) bond motifs is 2. The first-order chi connectivity index (χ1) is 12.2. The smallest absolute Gasteiger partial charge is 0.120 e. The van der Waals surface area contributed by atoms with Gasteiger partial charge in [-0.1, -0.05) is 40.2 Å². The lowest BCUT2D eigenvalue weighted by atomic mass is 10.1. The number of hydrogen-bond donors (Lipinski definition) is 1. The van der Waals surface area contributed by atoms with Crippen LogP contribution in [-0.4, -0.2) is 27.4 Å². The van der Waals surface area contributed by atoms with Crippen LogP contribution in [0.1, 0.15) is 0 Å². The van der Waals surface area contributed by atoms with Gasteiger partial charge in [0.05, 0.1) is 23.9 Å². The molecule has 0 amide bonds. The SMILES string of the molecule is O[C@H](COc1ccc2cc(Br)ccc2c1)Cn1cnc2ccccc21.